The molecule has 0 spiro atoms. The minimum atomic E-state index is 0. The SMILES string of the molecule is P.P.P.P.P.P.P.P.[CH-]=O.[CH-]=O.[CH-]=O.[CH-]=O.[CH-]=O.[CH-]=O.[CH-]=O.[CH-]=O.[CH-]=O.[CH-]=O.[CH-]=O.[CH-]=O.[CH-]=O.[CH-]=O.[CH-]=O.[CH-]=O.[CH-]=O.[CH-]=O.[CH-]=O.[CH-]=O.[CH-]=O.[CH-]=O.[CH-]=O.[CH-]=O.[CH-]=O.[CH-]=O.[CH-]=O.[CH-]=O.[CH-]=O.[CH-]=O.[CH-]=O.[CH-]=O.[CH-]=O.[CH-]=O.[CH-]=O.[CH-]=O.[CH-]=O.[CH-]=O.[CH-]=O.[CH-]=O.[Ir+3].[Ir+3].[Ir+3].[Ir+3].[Ir+3].[Ir+3].[Ir+3].[Ir+3].[Ir].[Ir].[Ir].[Ir].[Ir].[Ir].[Ir].[Ir]. The Kier molecular flexibility index (Phi) is 18000000. The summed E-state index contributed by atoms with van der Waals surface area (Å²) in [7, 11) is 0. The fourth-order valence-electron chi connectivity index (χ4n) is 0. The van der Waals surface area contributed by atoms with E-state index >= 15 is 0 Å². The molecule has 0 saturated carbocycles. The molecule has 0 aliphatic heterocycles. The van der Waals surface area contributed by atoms with Gasteiger partial charge in [0, 0.05) is 161 Å². The van der Waals surface area contributed by atoms with Crippen LogP contribution in [0.25, 0.3) is 0 Å². The van der Waals surface area contributed by atoms with Crippen molar-refractivity contribution in [3.8, 4) is 0 Å². The molecule has 64 heteroatoms. The molecule has 104 heavy (non-hydrogen) atoms. The van der Waals surface area contributed by atoms with E-state index < -0.39 is 0 Å². The molecule has 0 saturated heterocycles. The van der Waals surface area contributed by atoms with Crippen LogP contribution in [0.2, 0.25) is 0 Å². The van der Waals surface area contributed by atoms with Gasteiger partial charge < -0.3 is 192 Å². The van der Waals surface area contributed by atoms with Gasteiger partial charge in [-0.3, -0.25) is 272 Å². The van der Waals surface area contributed by atoms with Crippen molar-refractivity contribution in [2.75, 3.05) is 0 Å². The summed E-state index contributed by atoms with van der Waals surface area (Å²) in [5.74, 6) is 0. The van der Waals surface area contributed by atoms with Gasteiger partial charge in [0.15, 0.2) is 0 Å². The first kappa shape index (κ1) is 681. The predicted molar refractivity (Wildman–Crippen MR) is 359 cm³/mol. The standard InChI is InChI=1S/40CHO.16Ir.8H3P/c40*1-2;;;;;;;;;;;;;;;;;;;;;;;;/h40*1H;;;;;;;;;;;;;;;;;8*1H3/q40*-1;;;;;;;;;8*+3;;;;;;;;. The molecule has 664 valence electrons. The van der Waals surface area contributed by atoms with Gasteiger partial charge in [-0.2, -0.15) is 79.2 Å². The molecule has 8 radical (unpaired) electrons. The molecule has 0 aliphatic carbocycles. The van der Waals surface area contributed by atoms with E-state index in [9.17, 15) is 0 Å². The smallest absolute Gasteiger partial charge is 0.545 e. The molecule has 0 bridgehead atoms. The van der Waals surface area contributed by atoms with Crippen LogP contribution in [-0.2, 0) is 513 Å². The summed E-state index contributed by atoms with van der Waals surface area (Å²) in [5, 5.41) is 0. The first-order chi connectivity index (χ1) is 40.0. The van der Waals surface area contributed by atoms with E-state index in [1.165, 1.54) is 0 Å². The Balaban J connectivity index is -0.00000000253. The third-order valence-corrected chi connectivity index (χ3v) is 0. The Hall–Kier alpha value is 0.630. The van der Waals surface area contributed by atoms with Gasteiger partial charge in [0.25, 0.3) is 0 Å². The van der Waals surface area contributed by atoms with E-state index in [-0.39, 0.29) is 401 Å². The molecule has 8 atom stereocenters. The van der Waals surface area contributed by atoms with Crippen LogP contribution in [0, 0.1) is 0 Å². The molecule has 0 aromatic heterocycles. The topological polar surface area (TPSA) is 683 Å². The maximum absolute atomic E-state index is 7.75. The first-order valence-electron chi connectivity index (χ1n) is 9.43. The Labute approximate surface area is 852 Å². The van der Waals surface area contributed by atoms with Gasteiger partial charge >= 0.3 is 161 Å². The van der Waals surface area contributed by atoms with Crippen molar-refractivity contribution in [2.45, 2.75) is 0 Å². The zero-order valence-electron chi connectivity index (χ0n) is 50.4. The monoisotopic (exact) mass is 4520 g/mol. The van der Waals surface area contributed by atoms with Crippen LogP contribution in [0.1, 0.15) is 0 Å². The Morgan fingerprint density at radius 1 is 0.0577 bits per heavy atom. The Morgan fingerprint density at radius 2 is 0.0577 bits per heavy atom. The predicted octanol–water partition coefficient (Wildman–Crippen LogP) is -10.5. The van der Waals surface area contributed by atoms with Gasteiger partial charge in [-0.1, -0.05) is 0 Å². The van der Waals surface area contributed by atoms with Crippen molar-refractivity contribution in [1.29, 1.82) is 0 Å². The Bertz CT molecular complexity index is 396. The van der Waals surface area contributed by atoms with Crippen molar-refractivity contribution < 1.29 is 513 Å². The normalized spacial score (nSPS) is 1.54. The molecule has 0 N–H and O–H groups in total. The zero-order chi connectivity index (χ0) is 80.0. The number of hydrogen-bond acceptors (Lipinski definition) is 40. The zero-order valence-corrected chi connectivity index (χ0v) is 100. The van der Waals surface area contributed by atoms with Gasteiger partial charge in [-0.25, -0.2) is 0 Å². The number of carbonyl (C=O) groups excluding carboxylic acids is 40. The largest absolute Gasteiger partial charge is 3.00 e. The van der Waals surface area contributed by atoms with Crippen LogP contribution in [0.15, 0.2) is 0 Å². The average molecular weight is 4510 g/mol. The third kappa shape index (κ3) is 2670000. The van der Waals surface area contributed by atoms with Crippen LogP contribution >= 0.6 is 79.2 Å². The summed E-state index contributed by atoms with van der Waals surface area (Å²) in [6.45, 7) is 130. The summed E-state index contributed by atoms with van der Waals surface area (Å²) in [6.07, 6.45) is 0. The minimum absolute atomic E-state index is 0. The number of rotatable bonds is 0. The second-order valence-corrected chi connectivity index (χ2v) is 0. The minimum Gasteiger partial charge on any atom is -0.545 e. The van der Waals surface area contributed by atoms with Crippen molar-refractivity contribution in [3.05, 3.63) is 0 Å². The van der Waals surface area contributed by atoms with Crippen molar-refractivity contribution in [2.24, 2.45) is 0 Å². The van der Waals surface area contributed by atoms with Crippen molar-refractivity contribution in [1.82, 2.24) is 0 Å². The van der Waals surface area contributed by atoms with E-state index in [1.807, 2.05) is 0 Å². The van der Waals surface area contributed by atoms with Crippen LogP contribution in [0.5, 0.6) is 0 Å². The first-order valence-corrected chi connectivity index (χ1v) is 9.43. The fraction of sp³-hybridized carbons (Fsp3) is 0. The average Bonchev–Trinajstić information content (AvgIpc) is 3.71. The molecule has 0 heterocycles. The summed E-state index contributed by atoms with van der Waals surface area (Å²) in [4.78, 5) is 310. The quantitative estimate of drug-likeness (QED) is 0.123. The van der Waals surface area contributed by atoms with Crippen LogP contribution in [-0.4, -0.2) is 272 Å². The maximum Gasteiger partial charge on any atom is 3.00 e. The van der Waals surface area contributed by atoms with E-state index in [0.717, 1.165) is 0 Å². The van der Waals surface area contributed by atoms with Crippen LogP contribution in [0.3, 0.4) is 0 Å². The summed E-state index contributed by atoms with van der Waals surface area (Å²) in [6, 6.07) is 0. The van der Waals surface area contributed by atoms with E-state index in [4.69, 9.17) is 192 Å². The summed E-state index contributed by atoms with van der Waals surface area (Å²) < 4.78 is 0. The van der Waals surface area contributed by atoms with Crippen molar-refractivity contribution >= 4 is 351 Å². The molecular formula is C40H64Ir16O40P8-16. The second kappa shape index (κ2) is 2750000. The molecule has 8 unspecified atom stereocenters. The molecule has 0 aromatic rings. The molecule has 40 nitrogen and oxygen atoms in total. The van der Waals surface area contributed by atoms with Crippen LogP contribution < -0.4 is 0 Å². The molecule has 0 rings (SSSR count). The van der Waals surface area contributed by atoms with Crippen molar-refractivity contribution in [3.63, 3.8) is 0 Å². The summed E-state index contributed by atoms with van der Waals surface area (Å²) in [5.41, 5.74) is 0. The number of hydrogen-bond donors (Lipinski definition) is 0. The Morgan fingerprint density at radius 3 is 0.0577 bits per heavy atom. The second-order valence-electron chi connectivity index (χ2n) is 0. The van der Waals surface area contributed by atoms with Gasteiger partial charge in [0.05, 0.1) is 0 Å². The summed E-state index contributed by atoms with van der Waals surface area (Å²) >= 11 is 0. The molecule has 0 amide bonds. The fourth-order valence-corrected chi connectivity index (χ4v) is 0. The third-order valence-electron chi connectivity index (χ3n) is 0. The van der Waals surface area contributed by atoms with E-state index in [2.05, 4.69) is 272 Å². The van der Waals surface area contributed by atoms with Gasteiger partial charge in [0.1, 0.15) is 0 Å². The van der Waals surface area contributed by atoms with Crippen LogP contribution in [0.4, 0.5) is 0 Å². The maximum atomic E-state index is 7.75. The molecule has 0 aliphatic rings. The van der Waals surface area contributed by atoms with Gasteiger partial charge in [-0.15, -0.1) is 0 Å². The molecular weight excluding hydrogens is 4440 g/mol. The van der Waals surface area contributed by atoms with Gasteiger partial charge in [0.2, 0.25) is 0 Å². The van der Waals surface area contributed by atoms with Gasteiger partial charge in [-0.05, 0) is 0 Å². The van der Waals surface area contributed by atoms with E-state index in [0.29, 0.717) is 0 Å². The molecule has 0 fully saturated rings. The molecule has 0 aromatic carbocycles. The van der Waals surface area contributed by atoms with E-state index in [1.54, 1.807) is 0 Å².